The number of rotatable bonds is 5. The van der Waals surface area contributed by atoms with Gasteiger partial charge in [0.05, 0.1) is 13.0 Å². The molecule has 0 spiro atoms. The van der Waals surface area contributed by atoms with E-state index >= 15 is 0 Å². The minimum atomic E-state index is -0.144. The Hall–Kier alpha value is -1.94. The Kier molecular flexibility index (Phi) is 3.39. The highest BCUT2D eigenvalue weighted by Crippen LogP contribution is 2.55. The number of hydrogen-bond acceptors (Lipinski definition) is 4. The quantitative estimate of drug-likeness (QED) is 0.893. The van der Waals surface area contributed by atoms with E-state index in [4.69, 9.17) is 9.47 Å². The number of phenols is 1. The van der Waals surface area contributed by atoms with E-state index in [1.165, 1.54) is 36.1 Å². The third-order valence-corrected chi connectivity index (χ3v) is 6.27. The molecule has 3 aliphatic carbocycles. The van der Waals surface area contributed by atoms with Gasteiger partial charge >= 0.3 is 0 Å². The summed E-state index contributed by atoms with van der Waals surface area (Å²) >= 11 is 0. The van der Waals surface area contributed by atoms with Crippen LogP contribution in [0.5, 0.6) is 11.5 Å². The van der Waals surface area contributed by atoms with Gasteiger partial charge in [0.25, 0.3) is 0 Å². The first-order valence-corrected chi connectivity index (χ1v) is 9.42. The molecule has 0 amide bonds. The Morgan fingerprint density at radius 3 is 2.84 bits per heavy atom. The van der Waals surface area contributed by atoms with Crippen LogP contribution in [0.15, 0.2) is 35.6 Å². The van der Waals surface area contributed by atoms with Crippen molar-refractivity contribution in [2.45, 2.75) is 44.2 Å². The van der Waals surface area contributed by atoms with Crippen molar-refractivity contribution in [1.29, 1.82) is 0 Å². The molecular formula is C21H25NO3. The summed E-state index contributed by atoms with van der Waals surface area (Å²) in [5.41, 5.74) is 3.91. The van der Waals surface area contributed by atoms with Crippen LogP contribution in [0.1, 0.15) is 36.8 Å². The lowest BCUT2D eigenvalue weighted by Gasteiger charge is -2.41. The van der Waals surface area contributed by atoms with Crippen molar-refractivity contribution in [3.05, 3.63) is 46.7 Å². The predicted octanol–water partition coefficient (Wildman–Crippen LogP) is 3.36. The van der Waals surface area contributed by atoms with Crippen LogP contribution in [0.25, 0.3) is 0 Å². The number of allylic oxidation sites excluding steroid dienone is 2. The van der Waals surface area contributed by atoms with Gasteiger partial charge < -0.3 is 14.6 Å². The maximum atomic E-state index is 10.3. The average Bonchev–Trinajstić information content (AvgIpc) is 3.36. The molecule has 4 heteroatoms. The molecule has 0 aromatic heterocycles. The fourth-order valence-electron chi connectivity index (χ4n) is 4.84. The maximum Gasteiger partial charge on any atom is 0.166 e. The number of nitrogens with zero attached hydrogens (tertiary/aromatic N) is 1. The zero-order valence-electron chi connectivity index (χ0n) is 14.9. The Morgan fingerprint density at radius 2 is 2.12 bits per heavy atom. The maximum absolute atomic E-state index is 10.3. The van der Waals surface area contributed by atoms with Gasteiger partial charge in [-0.15, -0.1) is 0 Å². The number of benzene rings is 1. The molecule has 1 fully saturated rings. The van der Waals surface area contributed by atoms with Crippen LogP contribution in [-0.4, -0.2) is 42.4 Å². The summed E-state index contributed by atoms with van der Waals surface area (Å²) in [6, 6.07) is 4.28. The lowest BCUT2D eigenvalue weighted by atomic mass is 9.72. The summed E-state index contributed by atoms with van der Waals surface area (Å²) in [6.45, 7) is 4.53. The first-order chi connectivity index (χ1) is 12.2. The van der Waals surface area contributed by atoms with Crippen molar-refractivity contribution in [2.24, 2.45) is 5.92 Å². The van der Waals surface area contributed by atoms with Crippen molar-refractivity contribution in [3.8, 4) is 11.5 Å². The van der Waals surface area contributed by atoms with Crippen LogP contribution in [-0.2, 0) is 11.2 Å². The Labute approximate surface area is 148 Å². The summed E-state index contributed by atoms with van der Waals surface area (Å²) in [6.07, 6.45) is 7.90. The third-order valence-electron chi connectivity index (χ3n) is 6.27. The predicted molar refractivity (Wildman–Crippen MR) is 95.9 cm³/mol. The van der Waals surface area contributed by atoms with Gasteiger partial charge in [0.1, 0.15) is 5.76 Å². The summed E-state index contributed by atoms with van der Waals surface area (Å²) in [7, 11) is 1.70. The van der Waals surface area contributed by atoms with Gasteiger partial charge in [-0.05, 0) is 55.0 Å². The summed E-state index contributed by atoms with van der Waals surface area (Å²) in [5.74, 6) is 2.80. The zero-order valence-corrected chi connectivity index (χ0v) is 14.9. The van der Waals surface area contributed by atoms with Crippen molar-refractivity contribution in [3.63, 3.8) is 0 Å². The van der Waals surface area contributed by atoms with Crippen LogP contribution in [0.3, 0.4) is 0 Å². The van der Waals surface area contributed by atoms with Crippen molar-refractivity contribution in [1.82, 2.24) is 4.90 Å². The van der Waals surface area contributed by atoms with E-state index in [0.29, 0.717) is 11.8 Å². The molecule has 132 valence electrons. The van der Waals surface area contributed by atoms with E-state index in [9.17, 15) is 5.11 Å². The molecule has 1 aliphatic heterocycles. The number of aromatic hydroxyl groups is 1. The molecule has 5 rings (SSSR count). The highest BCUT2D eigenvalue weighted by molar-refractivity contribution is 5.62. The highest BCUT2D eigenvalue weighted by atomic mass is 16.5. The largest absolute Gasteiger partial charge is 0.504 e. The molecule has 1 aromatic carbocycles. The topological polar surface area (TPSA) is 41.9 Å². The Bertz CT molecular complexity index is 778. The first-order valence-electron chi connectivity index (χ1n) is 9.42. The van der Waals surface area contributed by atoms with Gasteiger partial charge in [-0.1, -0.05) is 19.1 Å². The van der Waals surface area contributed by atoms with Crippen molar-refractivity contribution in [2.75, 3.05) is 20.2 Å². The lowest BCUT2D eigenvalue weighted by molar-refractivity contribution is 0.138. The van der Waals surface area contributed by atoms with E-state index < -0.39 is 0 Å². The minimum absolute atomic E-state index is 0.144. The Balaban J connectivity index is 1.62. The van der Waals surface area contributed by atoms with Gasteiger partial charge in [0.15, 0.2) is 17.6 Å². The van der Waals surface area contributed by atoms with E-state index in [1.807, 2.05) is 0 Å². The fraction of sp³-hybridized carbons (Fsp3) is 0.524. The number of likely N-dealkylation sites (N-methyl/N-ethyl adjacent to an activating group) is 1. The summed E-state index contributed by atoms with van der Waals surface area (Å²) in [4.78, 5) is 2.64. The molecule has 25 heavy (non-hydrogen) atoms. The van der Waals surface area contributed by atoms with Gasteiger partial charge in [-0.2, -0.15) is 0 Å². The molecule has 1 N–H and O–H groups in total. The normalized spacial score (nSPS) is 29.0. The fourth-order valence-corrected chi connectivity index (χ4v) is 4.84. The number of phenolic OH excluding ortho intramolecular Hbond substituents is 1. The molecule has 0 saturated heterocycles. The molecule has 3 atom stereocenters. The van der Waals surface area contributed by atoms with Crippen molar-refractivity contribution >= 4 is 0 Å². The van der Waals surface area contributed by atoms with Gasteiger partial charge in [-0.25, -0.2) is 0 Å². The van der Waals surface area contributed by atoms with E-state index in [0.717, 1.165) is 24.6 Å². The molecule has 0 radical (unpaired) electrons. The minimum Gasteiger partial charge on any atom is -0.504 e. The standard InChI is InChI=1S/C21H25NO3/c1-3-22(11-12-4-5-12)15-10-13-6-8-16(23)20-18(13)19-14(15)7-9-17(24-2)21(19)25-20/h6-9,12,15,19,21,23H,3-5,10-11H2,1-2H3/t15?,19?,21-/m0/s1. The van der Waals surface area contributed by atoms with E-state index in [1.54, 1.807) is 13.2 Å². The van der Waals surface area contributed by atoms with Crippen LogP contribution in [0.4, 0.5) is 0 Å². The second kappa shape index (κ2) is 5.53. The number of hydrogen-bond donors (Lipinski definition) is 1. The molecular weight excluding hydrogens is 314 g/mol. The van der Waals surface area contributed by atoms with E-state index in [-0.39, 0.29) is 17.8 Å². The second-order valence-electron chi connectivity index (χ2n) is 7.69. The third kappa shape index (κ3) is 2.23. The molecule has 4 aliphatic rings. The van der Waals surface area contributed by atoms with Crippen molar-refractivity contribution < 1.29 is 14.6 Å². The number of methoxy groups -OCH3 is 1. The average molecular weight is 339 g/mol. The van der Waals surface area contributed by atoms with Crippen LogP contribution < -0.4 is 4.74 Å². The molecule has 2 unspecified atom stereocenters. The Morgan fingerprint density at radius 1 is 1.28 bits per heavy atom. The van der Waals surface area contributed by atoms with Gasteiger partial charge in [-0.3, -0.25) is 4.90 Å². The molecule has 4 nitrogen and oxygen atoms in total. The smallest absolute Gasteiger partial charge is 0.166 e. The van der Waals surface area contributed by atoms with Crippen LogP contribution >= 0.6 is 0 Å². The van der Waals surface area contributed by atoms with E-state index in [2.05, 4.69) is 30.0 Å². The lowest BCUT2D eigenvalue weighted by Crippen LogP contribution is -2.45. The summed E-state index contributed by atoms with van der Waals surface area (Å²) < 4.78 is 11.8. The SMILES string of the molecule is CCN(CC1CC1)C1Cc2ccc(O)c3c2C2C1=CC=C(OC)[C@@H]2O3. The van der Waals surface area contributed by atoms with Crippen LogP contribution in [0, 0.1) is 5.92 Å². The highest BCUT2D eigenvalue weighted by Gasteiger charge is 2.49. The molecule has 1 saturated carbocycles. The first kappa shape index (κ1) is 15.3. The molecule has 1 aromatic rings. The second-order valence-corrected chi connectivity index (χ2v) is 7.69. The summed E-state index contributed by atoms with van der Waals surface area (Å²) in [5, 5.41) is 10.3. The molecule has 1 heterocycles. The molecule has 0 bridgehead atoms. The van der Waals surface area contributed by atoms with Gasteiger partial charge in [0, 0.05) is 18.2 Å². The monoisotopic (exact) mass is 339 g/mol. The zero-order chi connectivity index (χ0) is 17.1. The van der Waals surface area contributed by atoms with Gasteiger partial charge in [0.2, 0.25) is 0 Å². The van der Waals surface area contributed by atoms with Crippen LogP contribution in [0.2, 0.25) is 0 Å². The number of ether oxygens (including phenoxy) is 2.